The topological polar surface area (TPSA) is 26.3 Å². The quantitative estimate of drug-likeness (QED) is 0.637. The van der Waals surface area contributed by atoms with Crippen molar-refractivity contribution in [3.63, 3.8) is 0 Å². The van der Waals surface area contributed by atoms with Crippen molar-refractivity contribution in [1.29, 1.82) is 0 Å². The van der Waals surface area contributed by atoms with E-state index in [1.807, 2.05) is 0 Å². The highest BCUT2D eigenvalue weighted by Crippen LogP contribution is 2.60. The number of ether oxygens (including phenoxy) is 1. The van der Waals surface area contributed by atoms with Gasteiger partial charge in [0.15, 0.2) is 0 Å². The third-order valence-corrected chi connectivity index (χ3v) is 5.27. The molecule has 0 bridgehead atoms. The van der Waals surface area contributed by atoms with E-state index in [1.165, 1.54) is 39.2 Å². The van der Waals surface area contributed by atoms with Gasteiger partial charge in [0.25, 0.3) is 0 Å². The molecule has 2 atom stereocenters. The Morgan fingerprint density at radius 3 is 2.44 bits per heavy atom. The first kappa shape index (κ1) is 11.9. The maximum absolute atomic E-state index is 11.7. The molecule has 1 spiro atoms. The molecule has 0 aliphatic heterocycles. The fourth-order valence-electron chi connectivity index (χ4n) is 4.04. The summed E-state index contributed by atoms with van der Waals surface area (Å²) in [5, 5.41) is 0. The Morgan fingerprint density at radius 1 is 1.19 bits per heavy atom. The molecule has 2 fully saturated rings. The molecule has 2 nitrogen and oxygen atoms in total. The van der Waals surface area contributed by atoms with Gasteiger partial charge >= 0.3 is 5.97 Å². The van der Waals surface area contributed by atoms with Gasteiger partial charge in [0.05, 0.1) is 13.0 Å². The van der Waals surface area contributed by atoms with Crippen molar-refractivity contribution in [3.8, 4) is 0 Å². The average molecular weight is 224 g/mol. The third kappa shape index (κ3) is 1.76. The molecule has 92 valence electrons. The molecule has 0 radical (unpaired) electrons. The highest BCUT2D eigenvalue weighted by molar-refractivity contribution is 5.72. The summed E-state index contributed by atoms with van der Waals surface area (Å²) >= 11 is 0. The van der Waals surface area contributed by atoms with Crippen LogP contribution in [0, 0.1) is 16.7 Å². The van der Waals surface area contributed by atoms with Gasteiger partial charge in [-0.1, -0.05) is 26.7 Å². The van der Waals surface area contributed by atoms with Crippen LogP contribution in [-0.4, -0.2) is 13.1 Å². The normalized spacial score (nSPS) is 37.6. The summed E-state index contributed by atoms with van der Waals surface area (Å²) in [6, 6.07) is 0. The van der Waals surface area contributed by atoms with Crippen LogP contribution in [0.4, 0.5) is 0 Å². The Bertz CT molecular complexity index is 282. The van der Waals surface area contributed by atoms with Crippen molar-refractivity contribution < 1.29 is 9.53 Å². The van der Waals surface area contributed by atoms with Gasteiger partial charge in [0.2, 0.25) is 0 Å². The first-order valence-corrected chi connectivity index (χ1v) is 6.59. The number of methoxy groups -OCH3 is 1. The zero-order chi connectivity index (χ0) is 11.8. The van der Waals surface area contributed by atoms with E-state index in [0.717, 1.165) is 12.8 Å². The lowest BCUT2D eigenvalue weighted by Crippen LogP contribution is -2.39. The summed E-state index contributed by atoms with van der Waals surface area (Å²) in [6.45, 7) is 4.78. The van der Waals surface area contributed by atoms with Crippen molar-refractivity contribution >= 4 is 5.97 Å². The molecule has 2 unspecified atom stereocenters. The first-order valence-electron chi connectivity index (χ1n) is 6.59. The molecule has 0 aromatic carbocycles. The maximum Gasteiger partial charge on any atom is 0.308 e. The van der Waals surface area contributed by atoms with Crippen LogP contribution >= 0.6 is 0 Å². The number of carbonyl (C=O) groups excluding carboxylic acids is 1. The van der Waals surface area contributed by atoms with E-state index in [0.29, 0.717) is 10.8 Å². The molecule has 0 heterocycles. The van der Waals surface area contributed by atoms with Gasteiger partial charge in [0, 0.05) is 0 Å². The van der Waals surface area contributed by atoms with Crippen molar-refractivity contribution in [1.82, 2.24) is 0 Å². The molecule has 0 aromatic heterocycles. The number of carbonyl (C=O) groups is 1. The third-order valence-electron chi connectivity index (χ3n) is 5.27. The Labute approximate surface area is 98.7 Å². The standard InChI is InChI=1S/C14H24O2/c1-13(2)7-5-9-14(13)8-4-6-11(10-14)12(15)16-3/h11H,4-10H2,1-3H3. The van der Waals surface area contributed by atoms with E-state index in [2.05, 4.69) is 13.8 Å². The largest absolute Gasteiger partial charge is 0.469 e. The predicted octanol–water partition coefficient (Wildman–Crippen LogP) is 3.55. The maximum atomic E-state index is 11.7. The Kier molecular flexibility index (Phi) is 3.02. The molecule has 0 N–H and O–H groups in total. The number of hydrogen-bond acceptors (Lipinski definition) is 2. The summed E-state index contributed by atoms with van der Waals surface area (Å²) < 4.78 is 4.92. The first-order chi connectivity index (χ1) is 7.51. The van der Waals surface area contributed by atoms with E-state index in [9.17, 15) is 4.79 Å². The van der Waals surface area contributed by atoms with E-state index >= 15 is 0 Å². The minimum Gasteiger partial charge on any atom is -0.469 e. The highest BCUT2D eigenvalue weighted by atomic mass is 16.5. The van der Waals surface area contributed by atoms with Crippen molar-refractivity contribution in [2.75, 3.05) is 7.11 Å². The SMILES string of the molecule is COC(=O)C1CCCC2(CCCC2(C)C)C1. The molecule has 2 aliphatic carbocycles. The molecular formula is C14H24O2. The Balaban J connectivity index is 2.14. The van der Waals surface area contributed by atoms with Crippen LogP contribution < -0.4 is 0 Å². The predicted molar refractivity (Wildman–Crippen MR) is 64.0 cm³/mol. The summed E-state index contributed by atoms with van der Waals surface area (Å²) in [5.41, 5.74) is 0.837. The summed E-state index contributed by atoms with van der Waals surface area (Å²) in [5.74, 6) is 0.179. The van der Waals surface area contributed by atoms with Crippen LogP contribution in [0.1, 0.15) is 58.8 Å². The zero-order valence-electron chi connectivity index (χ0n) is 10.8. The molecule has 2 aliphatic rings. The number of rotatable bonds is 1. The van der Waals surface area contributed by atoms with Gasteiger partial charge in [-0.3, -0.25) is 4.79 Å². The van der Waals surface area contributed by atoms with E-state index in [4.69, 9.17) is 4.74 Å². The summed E-state index contributed by atoms with van der Waals surface area (Å²) in [4.78, 5) is 11.7. The fraction of sp³-hybridized carbons (Fsp3) is 0.929. The van der Waals surface area contributed by atoms with Crippen LogP contribution in [0.5, 0.6) is 0 Å². The lowest BCUT2D eigenvalue weighted by molar-refractivity contribution is -0.149. The second-order valence-corrected chi connectivity index (χ2v) is 6.33. The molecular weight excluding hydrogens is 200 g/mol. The van der Waals surface area contributed by atoms with E-state index < -0.39 is 0 Å². The fourth-order valence-corrected chi connectivity index (χ4v) is 4.04. The second kappa shape index (κ2) is 4.05. The minimum atomic E-state index is 0.0155. The van der Waals surface area contributed by atoms with Gasteiger partial charge < -0.3 is 4.74 Å². The number of esters is 1. The van der Waals surface area contributed by atoms with Crippen LogP contribution in [0.25, 0.3) is 0 Å². The Morgan fingerprint density at radius 2 is 1.88 bits per heavy atom. The van der Waals surface area contributed by atoms with Gasteiger partial charge in [-0.25, -0.2) is 0 Å². The average Bonchev–Trinajstić information content (AvgIpc) is 2.53. The second-order valence-electron chi connectivity index (χ2n) is 6.33. The van der Waals surface area contributed by atoms with Gasteiger partial charge in [0.1, 0.15) is 0 Å². The molecule has 0 saturated heterocycles. The van der Waals surface area contributed by atoms with Crippen LogP contribution in [0.2, 0.25) is 0 Å². The summed E-state index contributed by atoms with van der Waals surface area (Å²) in [6.07, 6.45) is 8.57. The number of hydrogen-bond donors (Lipinski definition) is 0. The Hall–Kier alpha value is -0.530. The van der Waals surface area contributed by atoms with Gasteiger partial charge in [-0.05, 0) is 42.9 Å². The minimum absolute atomic E-state index is 0.0155. The molecule has 2 saturated carbocycles. The molecule has 0 aromatic rings. The molecule has 0 amide bonds. The van der Waals surface area contributed by atoms with E-state index in [1.54, 1.807) is 0 Å². The van der Waals surface area contributed by atoms with E-state index in [-0.39, 0.29) is 11.9 Å². The van der Waals surface area contributed by atoms with Crippen molar-refractivity contribution in [2.24, 2.45) is 16.7 Å². The van der Waals surface area contributed by atoms with Gasteiger partial charge in [-0.2, -0.15) is 0 Å². The van der Waals surface area contributed by atoms with Crippen LogP contribution in [0.3, 0.4) is 0 Å². The highest BCUT2D eigenvalue weighted by Gasteiger charge is 2.51. The lowest BCUT2D eigenvalue weighted by Gasteiger charge is -2.46. The lowest BCUT2D eigenvalue weighted by atomic mass is 9.58. The monoisotopic (exact) mass is 224 g/mol. The van der Waals surface area contributed by atoms with Gasteiger partial charge in [-0.15, -0.1) is 0 Å². The molecule has 2 heteroatoms. The summed E-state index contributed by atoms with van der Waals surface area (Å²) in [7, 11) is 1.52. The van der Waals surface area contributed by atoms with Crippen molar-refractivity contribution in [2.45, 2.75) is 58.8 Å². The smallest absolute Gasteiger partial charge is 0.308 e. The van der Waals surface area contributed by atoms with Crippen molar-refractivity contribution in [3.05, 3.63) is 0 Å². The molecule has 16 heavy (non-hydrogen) atoms. The van der Waals surface area contributed by atoms with Crippen LogP contribution in [-0.2, 0) is 9.53 Å². The van der Waals surface area contributed by atoms with Crippen LogP contribution in [0.15, 0.2) is 0 Å². The zero-order valence-corrected chi connectivity index (χ0v) is 10.8. The molecule has 2 rings (SSSR count).